The molecule has 0 aromatic rings. The van der Waals surface area contributed by atoms with Gasteiger partial charge in [-0.1, -0.05) is 0 Å². The van der Waals surface area contributed by atoms with Crippen molar-refractivity contribution in [2.45, 2.75) is 51.6 Å². The monoisotopic (exact) mass is 256 g/mol. The van der Waals surface area contributed by atoms with Gasteiger partial charge in [0.2, 0.25) is 0 Å². The standard InChI is InChI=1S/C15H32N2O/c1-13(16(3)10-11-18-5)6-7-14(2)17(4)12-15-8-9-15/h13-15H,6-12H2,1-5H3. The third-order valence-electron chi connectivity index (χ3n) is 4.40. The maximum Gasteiger partial charge on any atom is 0.0589 e. The van der Waals surface area contributed by atoms with Gasteiger partial charge in [-0.05, 0) is 59.5 Å². The molecule has 0 amide bonds. The maximum absolute atomic E-state index is 5.13. The lowest BCUT2D eigenvalue weighted by atomic mass is 10.1. The molecular formula is C15H32N2O. The van der Waals surface area contributed by atoms with Gasteiger partial charge in [0.25, 0.3) is 0 Å². The third kappa shape index (κ3) is 6.17. The molecule has 0 heterocycles. The first-order valence-corrected chi connectivity index (χ1v) is 7.44. The molecule has 108 valence electrons. The number of rotatable bonds is 10. The Hall–Kier alpha value is -0.120. The van der Waals surface area contributed by atoms with Gasteiger partial charge in [0.15, 0.2) is 0 Å². The van der Waals surface area contributed by atoms with Crippen molar-refractivity contribution in [1.29, 1.82) is 0 Å². The predicted octanol–water partition coefficient (Wildman–Crippen LogP) is 2.46. The average Bonchev–Trinajstić information content (AvgIpc) is 3.16. The molecule has 0 aromatic heterocycles. The van der Waals surface area contributed by atoms with E-state index in [2.05, 4.69) is 37.7 Å². The topological polar surface area (TPSA) is 15.7 Å². The lowest BCUT2D eigenvalue weighted by Gasteiger charge is -2.29. The summed E-state index contributed by atoms with van der Waals surface area (Å²) in [7, 11) is 6.25. The molecule has 1 fully saturated rings. The molecule has 1 aliphatic carbocycles. The van der Waals surface area contributed by atoms with Crippen molar-refractivity contribution in [2.24, 2.45) is 5.92 Å². The Morgan fingerprint density at radius 2 is 1.61 bits per heavy atom. The van der Waals surface area contributed by atoms with E-state index >= 15 is 0 Å². The quantitative estimate of drug-likeness (QED) is 0.597. The fourth-order valence-electron chi connectivity index (χ4n) is 2.27. The summed E-state index contributed by atoms with van der Waals surface area (Å²) >= 11 is 0. The van der Waals surface area contributed by atoms with Crippen molar-refractivity contribution in [3.63, 3.8) is 0 Å². The molecule has 2 unspecified atom stereocenters. The highest BCUT2D eigenvalue weighted by molar-refractivity contribution is 4.78. The van der Waals surface area contributed by atoms with Crippen LogP contribution in [0.2, 0.25) is 0 Å². The Morgan fingerprint density at radius 3 is 2.11 bits per heavy atom. The molecule has 0 bridgehead atoms. The number of nitrogens with zero attached hydrogens (tertiary/aromatic N) is 2. The van der Waals surface area contributed by atoms with Gasteiger partial charge in [0, 0.05) is 32.3 Å². The van der Waals surface area contributed by atoms with Crippen LogP contribution in [0.1, 0.15) is 39.5 Å². The second-order valence-electron chi connectivity index (χ2n) is 6.13. The minimum atomic E-state index is 0.650. The summed E-state index contributed by atoms with van der Waals surface area (Å²) in [6.07, 6.45) is 5.47. The normalized spacial score (nSPS) is 19.5. The second-order valence-corrected chi connectivity index (χ2v) is 6.13. The summed E-state index contributed by atoms with van der Waals surface area (Å²) in [5, 5.41) is 0. The van der Waals surface area contributed by atoms with E-state index in [1.54, 1.807) is 7.11 Å². The van der Waals surface area contributed by atoms with E-state index in [0.29, 0.717) is 12.1 Å². The van der Waals surface area contributed by atoms with Crippen LogP contribution >= 0.6 is 0 Å². The average molecular weight is 256 g/mol. The van der Waals surface area contributed by atoms with Gasteiger partial charge < -0.3 is 14.5 Å². The third-order valence-corrected chi connectivity index (χ3v) is 4.40. The van der Waals surface area contributed by atoms with E-state index in [-0.39, 0.29) is 0 Å². The van der Waals surface area contributed by atoms with Crippen molar-refractivity contribution in [2.75, 3.05) is 40.9 Å². The zero-order valence-corrected chi connectivity index (χ0v) is 13.0. The van der Waals surface area contributed by atoms with Gasteiger partial charge in [0.05, 0.1) is 6.61 Å². The molecule has 2 atom stereocenters. The highest BCUT2D eigenvalue weighted by Gasteiger charge is 2.24. The van der Waals surface area contributed by atoms with Gasteiger partial charge >= 0.3 is 0 Å². The summed E-state index contributed by atoms with van der Waals surface area (Å²) in [5.74, 6) is 0.999. The molecule has 3 heteroatoms. The van der Waals surface area contributed by atoms with E-state index in [9.17, 15) is 0 Å². The number of ether oxygens (including phenoxy) is 1. The summed E-state index contributed by atoms with van der Waals surface area (Å²) in [5.41, 5.74) is 0. The molecule has 0 aliphatic heterocycles. The van der Waals surface area contributed by atoms with E-state index in [4.69, 9.17) is 4.74 Å². The predicted molar refractivity (Wildman–Crippen MR) is 78.0 cm³/mol. The zero-order valence-electron chi connectivity index (χ0n) is 13.0. The number of methoxy groups -OCH3 is 1. The van der Waals surface area contributed by atoms with Gasteiger partial charge in [-0.25, -0.2) is 0 Å². The van der Waals surface area contributed by atoms with Crippen LogP contribution < -0.4 is 0 Å². The maximum atomic E-state index is 5.13. The first-order valence-electron chi connectivity index (χ1n) is 7.44. The van der Waals surface area contributed by atoms with Crippen LogP contribution in [-0.2, 0) is 4.74 Å². The summed E-state index contributed by atoms with van der Waals surface area (Å²) in [6, 6.07) is 1.36. The highest BCUT2D eigenvalue weighted by atomic mass is 16.5. The zero-order chi connectivity index (χ0) is 13.5. The Balaban J connectivity index is 2.13. The van der Waals surface area contributed by atoms with Crippen molar-refractivity contribution in [1.82, 2.24) is 9.80 Å². The summed E-state index contributed by atoms with van der Waals surface area (Å²) in [6.45, 7) is 7.85. The van der Waals surface area contributed by atoms with Crippen LogP contribution in [-0.4, -0.2) is 62.8 Å². The van der Waals surface area contributed by atoms with Gasteiger partial charge in [-0.2, -0.15) is 0 Å². The Bertz CT molecular complexity index is 219. The minimum absolute atomic E-state index is 0.650. The highest BCUT2D eigenvalue weighted by Crippen LogP contribution is 2.30. The van der Waals surface area contributed by atoms with E-state index in [1.807, 2.05) is 0 Å². The minimum Gasteiger partial charge on any atom is -0.383 e. The van der Waals surface area contributed by atoms with Crippen molar-refractivity contribution < 1.29 is 4.74 Å². The SMILES string of the molecule is COCCN(C)C(C)CCC(C)N(C)CC1CC1. The molecule has 0 N–H and O–H groups in total. The number of hydrogen-bond donors (Lipinski definition) is 0. The summed E-state index contributed by atoms with van der Waals surface area (Å²) in [4.78, 5) is 4.94. The van der Waals surface area contributed by atoms with E-state index in [0.717, 1.165) is 19.1 Å². The molecule has 0 saturated heterocycles. The largest absolute Gasteiger partial charge is 0.383 e. The molecule has 0 radical (unpaired) electrons. The molecule has 1 aliphatic rings. The van der Waals surface area contributed by atoms with Crippen LogP contribution in [0.15, 0.2) is 0 Å². The second kappa shape index (κ2) is 8.13. The van der Waals surface area contributed by atoms with Gasteiger partial charge in [0.1, 0.15) is 0 Å². The van der Waals surface area contributed by atoms with Gasteiger partial charge in [-0.3, -0.25) is 0 Å². The van der Waals surface area contributed by atoms with Crippen molar-refractivity contribution in [3.8, 4) is 0 Å². The van der Waals surface area contributed by atoms with Crippen LogP contribution in [0, 0.1) is 5.92 Å². The molecule has 18 heavy (non-hydrogen) atoms. The van der Waals surface area contributed by atoms with E-state index in [1.165, 1.54) is 32.2 Å². The molecule has 3 nitrogen and oxygen atoms in total. The first-order chi connectivity index (χ1) is 8.54. The van der Waals surface area contributed by atoms with Crippen molar-refractivity contribution >= 4 is 0 Å². The number of hydrogen-bond acceptors (Lipinski definition) is 3. The fraction of sp³-hybridized carbons (Fsp3) is 1.00. The Labute approximate surface area is 113 Å². The molecule has 0 aromatic carbocycles. The lowest BCUT2D eigenvalue weighted by molar-refractivity contribution is 0.134. The fourth-order valence-corrected chi connectivity index (χ4v) is 2.27. The molecule has 1 saturated carbocycles. The van der Waals surface area contributed by atoms with Gasteiger partial charge in [-0.15, -0.1) is 0 Å². The number of likely N-dealkylation sites (N-methyl/N-ethyl adjacent to an activating group) is 1. The Morgan fingerprint density at radius 1 is 1.06 bits per heavy atom. The van der Waals surface area contributed by atoms with Crippen molar-refractivity contribution in [3.05, 3.63) is 0 Å². The van der Waals surface area contributed by atoms with Crippen LogP contribution in [0.3, 0.4) is 0 Å². The van der Waals surface area contributed by atoms with Crippen LogP contribution in [0.5, 0.6) is 0 Å². The molecule has 1 rings (SSSR count). The van der Waals surface area contributed by atoms with Crippen LogP contribution in [0.4, 0.5) is 0 Å². The Kier molecular flexibility index (Phi) is 7.20. The van der Waals surface area contributed by atoms with Crippen LogP contribution in [0.25, 0.3) is 0 Å². The summed E-state index contributed by atoms with van der Waals surface area (Å²) < 4.78 is 5.13. The first kappa shape index (κ1) is 15.9. The molecular weight excluding hydrogens is 224 g/mol. The smallest absolute Gasteiger partial charge is 0.0589 e. The lowest BCUT2D eigenvalue weighted by Crippen LogP contribution is -2.35. The molecule has 0 spiro atoms. The van der Waals surface area contributed by atoms with E-state index < -0.39 is 0 Å².